The maximum Gasteiger partial charge on any atom is 0.203 e. The number of ether oxygens (including phenoxy) is 1. The van der Waals surface area contributed by atoms with Crippen molar-refractivity contribution in [1.29, 1.82) is 0 Å². The number of nitrogens with zero attached hydrogens (tertiary/aromatic N) is 3. The van der Waals surface area contributed by atoms with Gasteiger partial charge in [-0.2, -0.15) is 0 Å². The Hall–Kier alpha value is -2.72. The van der Waals surface area contributed by atoms with Crippen LogP contribution in [0.1, 0.15) is 29.0 Å². The lowest BCUT2D eigenvalue weighted by atomic mass is 9.85. The van der Waals surface area contributed by atoms with Crippen molar-refractivity contribution in [1.82, 2.24) is 14.5 Å². The standard InChI is InChI=1S/C20H22N4O5/c1-28-23-18-13-6-7-24(19(13)22-9-21-18)20-16(27)15(26)17(29-20)14(25)12-5-3-10-2-4-11(10)8-12/h3,5-9,14-17,20,25-27H,2,4H2,1H3,(H,21,22,23)/t14-,15-,16+,17-,20-/m1/s1. The minimum atomic E-state index is -1.25. The molecule has 1 saturated heterocycles. The monoisotopic (exact) mass is 398 g/mol. The van der Waals surface area contributed by atoms with Gasteiger partial charge in [-0.05, 0) is 35.6 Å². The Kier molecular flexibility index (Phi) is 4.39. The molecule has 0 unspecified atom stereocenters. The predicted molar refractivity (Wildman–Crippen MR) is 101 cm³/mol. The van der Waals surface area contributed by atoms with Gasteiger partial charge in [0.2, 0.25) is 5.49 Å². The predicted octanol–water partition coefficient (Wildman–Crippen LogP) is 0.278. The average molecular weight is 398 g/mol. The first-order chi connectivity index (χ1) is 14.1. The molecule has 0 amide bonds. The number of H-pyrrole nitrogens is 1. The Labute approximate surface area is 165 Å². The molecule has 0 bridgehead atoms. The molecule has 0 saturated carbocycles. The highest BCUT2D eigenvalue weighted by atomic mass is 16.6. The Balaban J connectivity index is 1.47. The number of nitrogens with one attached hydrogen (secondary N) is 1. The van der Waals surface area contributed by atoms with Crippen molar-refractivity contribution in [2.75, 3.05) is 7.11 Å². The fourth-order valence-electron chi connectivity index (χ4n) is 4.14. The largest absolute Gasteiger partial charge is 0.397 e. The fraction of sp³-hybridized carbons (Fsp3) is 0.400. The van der Waals surface area contributed by atoms with Crippen molar-refractivity contribution >= 4 is 11.0 Å². The summed E-state index contributed by atoms with van der Waals surface area (Å²) in [6.07, 6.45) is -0.160. The minimum absolute atomic E-state index is 0.381. The molecule has 152 valence electrons. The molecule has 5 atom stereocenters. The van der Waals surface area contributed by atoms with E-state index in [4.69, 9.17) is 9.57 Å². The van der Waals surface area contributed by atoms with Crippen molar-refractivity contribution in [2.45, 2.75) is 43.5 Å². The van der Waals surface area contributed by atoms with Gasteiger partial charge in [-0.15, -0.1) is 0 Å². The molecule has 1 aliphatic carbocycles. The summed E-state index contributed by atoms with van der Waals surface area (Å²) in [6.45, 7) is 0. The molecule has 9 heteroatoms. The number of aromatic nitrogens is 3. The highest BCUT2D eigenvalue weighted by Crippen LogP contribution is 2.38. The van der Waals surface area contributed by atoms with Gasteiger partial charge in [0, 0.05) is 6.20 Å². The van der Waals surface area contributed by atoms with Crippen LogP contribution in [-0.4, -0.2) is 55.3 Å². The molecule has 1 aliphatic heterocycles. The first-order valence-electron chi connectivity index (χ1n) is 9.51. The first-order valence-corrected chi connectivity index (χ1v) is 9.51. The fourth-order valence-corrected chi connectivity index (χ4v) is 4.14. The van der Waals surface area contributed by atoms with E-state index in [1.165, 1.54) is 24.6 Å². The lowest BCUT2D eigenvalue weighted by Crippen LogP contribution is -2.35. The van der Waals surface area contributed by atoms with Gasteiger partial charge in [-0.25, -0.2) is 4.98 Å². The first kappa shape index (κ1) is 18.3. The van der Waals surface area contributed by atoms with Crippen LogP contribution in [0.5, 0.6) is 0 Å². The van der Waals surface area contributed by atoms with E-state index >= 15 is 0 Å². The number of aliphatic hydroxyl groups is 3. The third-order valence-corrected chi connectivity index (χ3v) is 5.82. The van der Waals surface area contributed by atoms with Gasteiger partial charge in [-0.3, -0.25) is 0 Å². The van der Waals surface area contributed by atoms with E-state index in [1.807, 2.05) is 18.2 Å². The summed E-state index contributed by atoms with van der Waals surface area (Å²) in [4.78, 5) is 11.9. The van der Waals surface area contributed by atoms with Crippen LogP contribution in [0.3, 0.4) is 0 Å². The van der Waals surface area contributed by atoms with Crippen molar-refractivity contribution in [3.8, 4) is 0 Å². The molecule has 4 N–H and O–H groups in total. The number of hydrogen-bond acceptors (Lipinski definition) is 7. The number of rotatable bonds is 4. The number of hydrogen-bond donors (Lipinski definition) is 4. The molecule has 3 aromatic rings. The Bertz CT molecular complexity index is 1120. The highest BCUT2D eigenvalue weighted by Gasteiger charge is 2.47. The topological polar surface area (TPSA) is 125 Å². The molecule has 2 aliphatic rings. The lowest BCUT2D eigenvalue weighted by Gasteiger charge is -2.25. The van der Waals surface area contributed by atoms with Gasteiger partial charge in [0.1, 0.15) is 37.2 Å². The van der Waals surface area contributed by atoms with Gasteiger partial charge in [-0.1, -0.05) is 23.4 Å². The SMILES string of the molecule is CO/N=c1\nc[nH]c2c1ccn2[C@@H]1O[C@H]([C@H](O)c2ccc3c(c2)CC3)[C@H](O)[C@@H]1O. The summed E-state index contributed by atoms with van der Waals surface area (Å²) in [5.41, 5.74) is 4.15. The smallest absolute Gasteiger partial charge is 0.203 e. The zero-order valence-corrected chi connectivity index (χ0v) is 15.8. The van der Waals surface area contributed by atoms with Gasteiger partial charge < -0.3 is 34.4 Å². The van der Waals surface area contributed by atoms with Crippen molar-refractivity contribution < 1.29 is 24.9 Å². The van der Waals surface area contributed by atoms with Crippen LogP contribution in [0.2, 0.25) is 0 Å². The molecule has 1 aromatic carbocycles. The zero-order chi connectivity index (χ0) is 20.1. The van der Waals surface area contributed by atoms with Crippen molar-refractivity contribution in [3.05, 3.63) is 59.0 Å². The van der Waals surface area contributed by atoms with Crippen LogP contribution < -0.4 is 5.49 Å². The maximum absolute atomic E-state index is 10.8. The summed E-state index contributed by atoms with van der Waals surface area (Å²) in [7, 11) is 1.43. The Morgan fingerprint density at radius 2 is 2.07 bits per heavy atom. The zero-order valence-electron chi connectivity index (χ0n) is 15.8. The summed E-state index contributed by atoms with van der Waals surface area (Å²) in [6, 6.07) is 7.55. The quantitative estimate of drug-likeness (QED) is 0.468. The van der Waals surface area contributed by atoms with Gasteiger partial charge >= 0.3 is 0 Å². The molecular weight excluding hydrogens is 376 g/mol. The number of aliphatic hydroxyl groups excluding tert-OH is 3. The molecule has 29 heavy (non-hydrogen) atoms. The van der Waals surface area contributed by atoms with Crippen LogP contribution in [0, 0.1) is 0 Å². The summed E-state index contributed by atoms with van der Waals surface area (Å²) in [5.74, 6) is 0. The van der Waals surface area contributed by atoms with Crippen LogP contribution in [0.4, 0.5) is 0 Å². The maximum atomic E-state index is 10.8. The third-order valence-electron chi connectivity index (χ3n) is 5.82. The number of aryl methyl sites for hydroxylation is 2. The molecule has 3 heterocycles. The van der Waals surface area contributed by atoms with Crippen LogP contribution >= 0.6 is 0 Å². The summed E-state index contributed by atoms with van der Waals surface area (Å²) in [5, 5.41) is 36.6. The van der Waals surface area contributed by atoms with E-state index in [0.29, 0.717) is 22.1 Å². The Morgan fingerprint density at radius 1 is 1.24 bits per heavy atom. The lowest BCUT2D eigenvalue weighted by molar-refractivity contribution is -0.0848. The normalized spacial score (nSPS) is 27.7. The molecule has 2 aromatic heterocycles. The molecule has 0 radical (unpaired) electrons. The van der Waals surface area contributed by atoms with E-state index < -0.39 is 30.6 Å². The molecule has 0 spiro atoms. The molecule has 5 rings (SSSR count). The second kappa shape index (κ2) is 6.96. The highest BCUT2D eigenvalue weighted by molar-refractivity contribution is 5.74. The van der Waals surface area contributed by atoms with Crippen LogP contribution in [-0.2, 0) is 22.4 Å². The van der Waals surface area contributed by atoms with E-state index in [1.54, 1.807) is 16.8 Å². The van der Waals surface area contributed by atoms with Crippen molar-refractivity contribution in [3.63, 3.8) is 0 Å². The van der Waals surface area contributed by atoms with Crippen LogP contribution in [0.25, 0.3) is 11.0 Å². The number of aromatic amines is 1. The van der Waals surface area contributed by atoms with Crippen molar-refractivity contribution in [2.24, 2.45) is 5.16 Å². The number of fused-ring (bicyclic) bond motifs is 2. The van der Waals surface area contributed by atoms with Gasteiger partial charge in [0.05, 0.1) is 11.7 Å². The number of benzene rings is 1. The van der Waals surface area contributed by atoms with Crippen LogP contribution in [0.15, 0.2) is 41.9 Å². The third kappa shape index (κ3) is 2.85. The summed E-state index contributed by atoms with van der Waals surface area (Å²) < 4.78 is 7.61. The van der Waals surface area contributed by atoms with Gasteiger partial charge in [0.25, 0.3) is 0 Å². The van der Waals surface area contributed by atoms with E-state index in [0.717, 1.165) is 12.8 Å². The van der Waals surface area contributed by atoms with E-state index in [2.05, 4.69) is 15.1 Å². The van der Waals surface area contributed by atoms with E-state index in [9.17, 15) is 15.3 Å². The Morgan fingerprint density at radius 3 is 2.79 bits per heavy atom. The minimum Gasteiger partial charge on any atom is -0.397 e. The molecule has 1 fully saturated rings. The molecule has 9 nitrogen and oxygen atoms in total. The van der Waals surface area contributed by atoms with Gasteiger partial charge in [0.15, 0.2) is 6.23 Å². The summed E-state index contributed by atoms with van der Waals surface area (Å²) >= 11 is 0. The second-order valence-electron chi connectivity index (χ2n) is 7.43. The van der Waals surface area contributed by atoms with E-state index in [-0.39, 0.29) is 0 Å². The molecular formula is C20H22N4O5. The average Bonchev–Trinajstić information content (AvgIpc) is 3.25. The second-order valence-corrected chi connectivity index (χ2v) is 7.43.